The largest absolute Gasteiger partial charge is 0.389 e. The van der Waals surface area contributed by atoms with Crippen molar-refractivity contribution in [3.63, 3.8) is 0 Å². The van der Waals surface area contributed by atoms with Gasteiger partial charge >= 0.3 is 0 Å². The highest BCUT2D eigenvalue weighted by Crippen LogP contribution is 2.25. The van der Waals surface area contributed by atoms with Crippen molar-refractivity contribution in [2.45, 2.75) is 19.1 Å². The highest BCUT2D eigenvalue weighted by atomic mass is 79.9. The van der Waals surface area contributed by atoms with E-state index in [1.54, 1.807) is 6.92 Å². The first kappa shape index (κ1) is 10.5. The third kappa shape index (κ3) is 2.01. The number of nitrogens with zero attached hydrogens (tertiary/aromatic N) is 1. The van der Waals surface area contributed by atoms with Crippen LogP contribution < -0.4 is 5.73 Å². The molecule has 1 rings (SSSR count). The van der Waals surface area contributed by atoms with E-state index in [0.717, 1.165) is 0 Å². The number of aliphatic hydroxyl groups is 2. The molecule has 1 aromatic heterocycles. The van der Waals surface area contributed by atoms with Crippen LogP contribution >= 0.6 is 15.9 Å². The first-order valence-corrected chi connectivity index (χ1v) is 4.92. The van der Waals surface area contributed by atoms with Gasteiger partial charge in [-0.2, -0.15) is 5.10 Å². The maximum Gasteiger partial charge on any atom is 0.151 e. The minimum absolute atomic E-state index is 0.227. The zero-order chi connectivity index (χ0) is 10.0. The van der Waals surface area contributed by atoms with Gasteiger partial charge in [-0.1, -0.05) is 15.9 Å². The second-order valence-corrected chi connectivity index (χ2v) is 3.46. The van der Waals surface area contributed by atoms with Gasteiger partial charge in [0.2, 0.25) is 0 Å². The predicted molar refractivity (Wildman–Crippen MR) is 52.5 cm³/mol. The Kier molecular flexibility index (Phi) is 3.29. The summed E-state index contributed by atoms with van der Waals surface area (Å²) in [6, 6.07) is 0. The second kappa shape index (κ2) is 4.08. The lowest BCUT2D eigenvalue weighted by Crippen LogP contribution is -2.20. The van der Waals surface area contributed by atoms with Crippen molar-refractivity contribution in [2.24, 2.45) is 0 Å². The van der Waals surface area contributed by atoms with Gasteiger partial charge in [0.25, 0.3) is 0 Å². The molecule has 0 aliphatic rings. The van der Waals surface area contributed by atoms with Crippen LogP contribution in [0.15, 0.2) is 0 Å². The average Bonchev–Trinajstić information content (AvgIpc) is 2.44. The van der Waals surface area contributed by atoms with Gasteiger partial charge in [-0.3, -0.25) is 5.10 Å². The molecule has 0 spiro atoms. The Morgan fingerprint density at radius 2 is 2.23 bits per heavy atom. The van der Waals surface area contributed by atoms with E-state index < -0.39 is 12.2 Å². The molecule has 0 saturated carbocycles. The fourth-order valence-corrected chi connectivity index (χ4v) is 1.46. The molecule has 74 valence electrons. The number of rotatable bonds is 3. The van der Waals surface area contributed by atoms with Gasteiger partial charge in [-0.05, 0) is 6.92 Å². The molecule has 2 unspecified atom stereocenters. The summed E-state index contributed by atoms with van der Waals surface area (Å²) in [5.74, 6) is 0.227. The number of hydrogen-bond acceptors (Lipinski definition) is 4. The number of anilines is 1. The molecule has 13 heavy (non-hydrogen) atoms. The van der Waals surface area contributed by atoms with Gasteiger partial charge in [0.05, 0.1) is 6.10 Å². The van der Waals surface area contributed by atoms with Crippen LogP contribution in [-0.4, -0.2) is 31.8 Å². The number of aryl methyl sites for hydroxylation is 1. The van der Waals surface area contributed by atoms with E-state index in [0.29, 0.717) is 11.3 Å². The molecule has 2 atom stereocenters. The van der Waals surface area contributed by atoms with Crippen molar-refractivity contribution in [3.8, 4) is 0 Å². The Labute approximate surface area is 84.1 Å². The highest BCUT2D eigenvalue weighted by molar-refractivity contribution is 9.09. The van der Waals surface area contributed by atoms with E-state index in [-0.39, 0.29) is 11.1 Å². The molecule has 0 aromatic carbocycles. The number of nitrogen functional groups attached to an aromatic ring is 1. The first-order valence-electron chi connectivity index (χ1n) is 3.80. The van der Waals surface area contributed by atoms with Crippen LogP contribution in [0.1, 0.15) is 17.4 Å². The molecule has 6 heteroatoms. The lowest BCUT2D eigenvalue weighted by atomic mass is 10.1. The predicted octanol–water partition coefficient (Wildman–Crippen LogP) is 0.0895. The van der Waals surface area contributed by atoms with Gasteiger partial charge in [-0.25, -0.2) is 0 Å². The summed E-state index contributed by atoms with van der Waals surface area (Å²) in [7, 11) is 0. The van der Waals surface area contributed by atoms with Gasteiger partial charge in [0, 0.05) is 16.6 Å². The lowest BCUT2D eigenvalue weighted by molar-refractivity contribution is 0.0343. The molecule has 0 bridgehead atoms. The van der Waals surface area contributed by atoms with E-state index in [2.05, 4.69) is 26.1 Å². The molecule has 0 aliphatic carbocycles. The molecule has 0 aliphatic heterocycles. The van der Waals surface area contributed by atoms with Crippen molar-refractivity contribution in [1.82, 2.24) is 10.2 Å². The first-order chi connectivity index (χ1) is 6.07. The highest BCUT2D eigenvalue weighted by Gasteiger charge is 2.23. The van der Waals surface area contributed by atoms with Crippen molar-refractivity contribution in [3.05, 3.63) is 11.3 Å². The Hall–Kier alpha value is -0.590. The Morgan fingerprint density at radius 1 is 1.62 bits per heavy atom. The standard InChI is InChI=1S/C7H12BrN3O2/c1-3-5(7(9)11-10-3)6(13)4(12)2-8/h4,6,12-13H,2H2,1H3,(H3,9,10,11). The number of aromatic nitrogens is 2. The summed E-state index contributed by atoms with van der Waals surface area (Å²) in [6.07, 6.45) is -1.88. The summed E-state index contributed by atoms with van der Waals surface area (Å²) in [6.45, 7) is 1.74. The second-order valence-electron chi connectivity index (χ2n) is 2.81. The number of halogens is 1. The smallest absolute Gasteiger partial charge is 0.151 e. The average molecular weight is 250 g/mol. The van der Waals surface area contributed by atoms with Crippen LogP contribution in [0.3, 0.4) is 0 Å². The minimum atomic E-state index is -1.00. The molecule has 1 heterocycles. The minimum Gasteiger partial charge on any atom is -0.389 e. The third-order valence-corrected chi connectivity index (χ3v) is 2.51. The molecule has 0 saturated heterocycles. The summed E-state index contributed by atoms with van der Waals surface area (Å²) < 4.78 is 0. The number of aliphatic hydroxyl groups excluding tert-OH is 2. The van der Waals surface area contributed by atoms with Crippen LogP contribution in [0.5, 0.6) is 0 Å². The number of alkyl halides is 1. The van der Waals surface area contributed by atoms with E-state index >= 15 is 0 Å². The van der Waals surface area contributed by atoms with E-state index in [1.807, 2.05) is 0 Å². The van der Waals surface area contributed by atoms with Crippen molar-refractivity contribution < 1.29 is 10.2 Å². The number of nitrogens with two attached hydrogens (primary N) is 1. The molecule has 0 radical (unpaired) electrons. The quantitative estimate of drug-likeness (QED) is 0.572. The summed E-state index contributed by atoms with van der Waals surface area (Å²) >= 11 is 3.07. The fourth-order valence-electron chi connectivity index (χ4n) is 1.11. The number of nitrogens with one attached hydrogen (secondary N) is 1. The van der Waals surface area contributed by atoms with Gasteiger partial charge in [0.1, 0.15) is 6.10 Å². The molecular formula is C7H12BrN3O2. The number of hydrogen-bond donors (Lipinski definition) is 4. The Bertz CT molecular complexity index is 270. The van der Waals surface area contributed by atoms with Crippen LogP contribution in [0.2, 0.25) is 0 Å². The van der Waals surface area contributed by atoms with Gasteiger partial charge in [0.15, 0.2) is 5.82 Å². The molecule has 5 N–H and O–H groups in total. The Morgan fingerprint density at radius 3 is 2.62 bits per heavy atom. The van der Waals surface area contributed by atoms with Crippen LogP contribution in [0.25, 0.3) is 0 Å². The monoisotopic (exact) mass is 249 g/mol. The topological polar surface area (TPSA) is 95.2 Å². The van der Waals surface area contributed by atoms with Crippen molar-refractivity contribution in [1.29, 1.82) is 0 Å². The van der Waals surface area contributed by atoms with Crippen LogP contribution in [-0.2, 0) is 0 Å². The maximum atomic E-state index is 9.62. The fraction of sp³-hybridized carbons (Fsp3) is 0.571. The summed E-state index contributed by atoms with van der Waals surface area (Å²) in [5.41, 5.74) is 6.64. The van der Waals surface area contributed by atoms with E-state index in [1.165, 1.54) is 0 Å². The molecule has 1 aromatic rings. The number of H-pyrrole nitrogens is 1. The SMILES string of the molecule is Cc1[nH]nc(N)c1C(O)C(O)CBr. The normalized spacial score (nSPS) is 15.7. The lowest BCUT2D eigenvalue weighted by Gasteiger charge is -2.15. The molecule has 0 fully saturated rings. The van der Waals surface area contributed by atoms with E-state index in [4.69, 9.17) is 5.73 Å². The molecular weight excluding hydrogens is 238 g/mol. The summed E-state index contributed by atoms with van der Waals surface area (Å²) in [4.78, 5) is 0. The van der Waals surface area contributed by atoms with Crippen molar-refractivity contribution >= 4 is 21.7 Å². The van der Waals surface area contributed by atoms with Gasteiger partial charge < -0.3 is 15.9 Å². The maximum absolute atomic E-state index is 9.62. The number of aromatic amines is 1. The summed E-state index contributed by atoms with van der Waals surface area (Å²) in [5, 5.41) is 25.6. The molecule has 5 nitrogen and oxygen atoms in total. The van der Waals surface area contributed by atoms with Gasteiger partial charge in [-0.15, -0.1) is 0 Å². The zero-order valence-corrected chi connectivity index (χ0v) is 8.74. The van der Waals surface area contributed by atoms with Crippen molar-refractivity contribution in [2.75, 3.05) is 11.1 Å². The van der Waals surface area contributed by atoms with Crippen LogP contribution in [0.4, 0.5) is 5.82 Å². The van der Waals surface area contributed by atoms with Crippen LogP contribution in [0, 0.1) is 6.92 Å². The van der Waals surface area contributed by atoms with E-state index in [9.17, 15) is 10.2 Å². The molecule has 0 amide bonds. The zero-order valence-electron chi connectivity index (χ0n) is 7.16. The Balaban J connectivity index is 2.93. The third-order valence-electron chi connectivity index (χ3n) is 1.84.